The van der Waals surface area contributed by atoms with E-state index in [0.717, 1.165) is 37.7 Å². The van der Waals surface area contributed by atoms with Gasteiger partial charge in [0.25, 0.3) is 0 Å². The first-order chi connectivity index (χ1) is 9.31. The summed E-state index contributed by atoms with van der Waals surface area (Å²) in [7, 11) is 0. The van der Waals surface area contributed by atoms with Gasteiger partial charge in [0.05, 0.1) is 13.2 Å². The Bertz CT molecular complexity index is 398. The molecule has 3 nitrogen and oxygen atoms in total. The number of rotatable bonds is 6. The molecule has 106 valence electrons. The lowest BCUT2D eigenvalue weighted by Gasteiger charge is -2.16. The molecule has 1 N–H and O–H groups in total. The molecule has 0 fully saturated rings. The van der Waals surface area contributed by atoms with Crippen molar-refractivity contribution in [1.82, 2.24) is 5.32 Å². The number of benzene rings is 1. The Kier molecular flexibility index (Phi) is 5.86. The average Bonchev–Trinajstić information content (AvgIpc) is 2.68. The number of nitrogens with one attached hydrogen (secondary N) is 1. The Morgan fingerprint density at radius 3 is 3.00 bits per heavy atom. The van der Waals surface area contributed by atoms with E-state index in [1.807, 2.05) is 23.9 Å². The number of ether oxygens (including phenoxy) is 2. The summed E-state index contributed by atoms with van der Waals surface area (Å²) in [5.74, 6) is 3.00. The van der Waals surface area contributed by atoms with Gasteiger partial charge >= 0.3 is 0 Å². The molecule has 1 aromatic rings. The van der Waals surface area contributed by atoms with Gasteiger partial charge in [-0.25, -0.2) is 0 Å². The van der Waals surface area contributed by atoms with Crippen molar-refractivity contribution in [2.45, 2.75) is 32.4 Å². The van der Waals surface area contributed by atoms with Crippen LogP contribution in [0.3, 0.4) is 0 Å². The van der Waals surface area contributed by atoms with Gasteiger partial charge < -0.3 is 14.8 Å². The van der Waals surface area contributed by atoms with Gasteiger partial charge in [-0.1, -0.05) is 12.1 Å². The second-order valence-corrected chi connectivity index (χ2v) is 5.84. The SMILES string of the molecule is CSCCC(C)NCc1cccc2c1OCCCO2. The summed E-state index contributed by atoms with van der Waals surface area (Å²) < 4.78 is 11.5. The third-order valence-corrected chi connectivity index (χ3v) is 3.89. The normalized spacial score (nSPS) is 15.9. The smallest absolute Gasteiger partial charge is 0.165 e. The zero-order chi connectivity index (χ0) is 13.5. The maximum absolute atomic E-state index is 5.82. The van der Waals surface area contributed by atoms with Crippen molar-refractivity contribution in [3.63, 3.8) is 0 Å². The zero-order valence-corrected chi connectivity index (χ0v) is 12.6. The van der Waals surface area contributed by atoms with Crippen molar-refractivity contribution in [2.24, 2.45) is 0 Å². The highest BCUT2D eigenvalue weighted by molar-refractivity contribution is 7.98. The summed E-state index contributed by atoms with van der Waals surface area (Å²) in [5, 5.41) is 3.56. The highest BCUT2D eigenvalue weighted by Gasteiger charge is 2.14. The topological polar surface area (TPSA) is 30.5 Å². The van der Waals surface area contributed by atoms with E-state index in [2.05, 4.69) is 24.6 Å². The summed E-state index contributed by atoms with van der Waals surface area (Å²) in [4.78, 5) is 0. The average molecular weight is 281 g/mol. The number of hydrogen-bond donors (Lipinski definition) is 1. The summed E-state index contributed by atoms with van der Waals surface area (Å²) in [6.45, 7) is 4.55. The second-order valence-electron chi connectivity index (χ2n) is 4.86. The van der Waals surface area contributed by atoms with Gasteiger partial charge in [0.15, 0.2) is 11.5 Å². The fraction of sp³-hybridized carbons (Fsp3) is 0.600. The first-order valence-electron chi connectivity index (χ1n) is 6.91. The zero-order valence-electron chi connectivity index (χ0n) is 11.8. The first-order valence-corrected chi connectivity index (χ1v) is 8.30. The maximum Gasteiger partial charge on any atom is 0.165 e. The largest absolute Gasteiger partial charge is 0.490 e. The number of hydrogen-bond acceptors (Lipinski definition) is 4. The van der Waals surface area contributed by atoms with Crippen LogP contribution in [0.5, 0.6) is 11.5 Å². The summed E-state index contributed by atoms with van der Waals surface area (Å²) in [5.41, 5.74) is 1.19. The van der Waals surface area contributed by atoms with E-state index >= 15 is 0 Å². The Morgan fingerprint density at radius 2 is 2.16 bits per heavy atom. The molecule has 1 aromatic carbocycles. The minimum absolute atomic E-state index is 0.523. The summed E-state index contributed by atoms with van der Waals surface area (Å²) >= 11 is 1.89. The van der Waals surface area contributed by atoms with Crippen molar-refractivity contribution in [2.75, 3.05) is 25.2 Å². The molecule has 19 heavy (non-hydrogen) atoms. The Labute approximate surface area is 120 Å². The van der Waals surface area contributed by atoms with E-state index in [4.69, 9.17) is 9.47 Å². The van der Waals surface area contributed by atoms with E-state index in [1.54, 1.807) is 0 Å². The molecule has 0 saturated heterocycles. The van der Waals surface area contributed by atoms with Crippen LogP contribution in [-0.4, -0.2) is 31.3 Å². The number of para-hydroxylation sites is 1. The second kappa shape index (κ2) is 7.65. The quantitative estimate of drug-likeness (QED) is 0.868. The van der Waals surface area contributed by atoms with Gasteiger partial charge in [0, 0.05) is 24.6 Å². The lowest BCUT2D eigenvalue weighted by Crippen LogP contribution is -2.26. The molecular weight excluding hydrogens is 258 g/mol. The third-order valence-electron chi connectivity index (χ3n) is 3.25. The highest BCUT2D eigenvalue weighted by Crippen LogP contribution is 2.33. The van der Waals surface area contributed by atoms with Crippen molar-refractivity contribution in [3.05, 3.63) is 23.8 Å². The van der Waals surface area contributed by atoms with Crippen LogP contribution < -0.4 is 14.8 Å². The molecule has 1 aliphatic heterocycles. The maximum atomic E-state index is 5.82. The van der Waals surface area contributed by atoms with Gasteiger partial charge in [-0.2, -0.15) is 11.8 Å². The number of thioether (sulfide) groups is 1. The van der Waals surface area contributed by atoms with E-state index in [1.165, 1.54) is 17.7 Å². The van der Waals surface area contributed by atoms with Crippen LogP contribution in [0, 0.1) is 0 Å². The van der Waals surface area contributed by atoms with Gasteiger partial charge in [0.1, 0.15) is 0 Å². The fourth-order valence-corrected chi connectivity index (χ4v) is 2.66. The molecule has 2 rings (SSSR count). The minimum atomic E-state index is 0.523. The molecule has 1 aliphatic rings. The molecule has 1 heterocycles. The molecule has 1 unspecified atom stereocenters. The van der Waals surface area contributed by atoms with E-state index in [-0.39, 0.29) is 0 Å². The van der Waals surface area contributed by atoms with Crippen LogP contribution in [0.2, 0.25) is 0 Å². The van der Waals surface area contributed by atoms with E-state index in [0.29, 0.717) is 6.04 Å². The molecule has 0 amide bonds. The minimum Gasteiger partial charge on any atom is -0.490 e. The molecule has 0 spiro atoms. The molecule has 0 saturated carbocycles. The molecular formula is C15H23NO2S. The highest BCUT2D eigenvalue weighted by atomic mass is 32.2. The summed E-state index contributed by atoms with van der Waals surface area (Å²) in [6, 6.07) is 6.66. The standard InChI is InChI=1S/C15H23NO2S/c1-12(7-10-19-2)16-11-13-5-3-6-14-15(13)18-9-4-8-17-14/h3,5-6,12,16H,4,7-11H2,1-2H3. The molecule has 0 radical (unpaired) electrons. The van der Waals surface area contributed by atoms with Crippen LogP contribution in [0.1, 0.15) is 25.3 Å². The van der Waals surface area contributed by atoms with Crippen molar-refractivity contribution >= 4 is 11.8 Å². The molecule has 0 aromatic heterocycles. The Morgan fingerprint density at radius 1 is 1.32 bits per heavy atom. The van der Waals surface area contributed by atoms with Crippen LogP contribution >= 0.6 is 11.8 Å². The first kappa shape index (κ1) is 14.5. The lowest BCUT2D eigenvalue weighted by atomic mass is 10.1. The van der Waals surface area contributed by atoms with Crippen molar-refractivity contribution in [1.29, 1.82) is 0 Å². The van der Waals surface area contributed by atoms with Crippen LogP contribution in [0.4, 0.5) is 0 Å². The van der Waals surface area contributed by atoms with Gasteiger partial charge in [0.2, 0.25) is 0 Å². The van der Waals surface area contributed by atoms with Crippen LogP contribution in [0.25, 0.3) is 0 Å². The van der Waals surface area contributed by atoms with Gasteiger partial charge in [-0.15, -0.1) is 0 Å². The Balaban J connectivity index is 1.96. The Hall–Kier alpha value is -0.870. The van der Waals surface area contributed by atoms with Gasteiger partial charge in [-0.05, 0) is 31.4 Å². The molecule has 4 heteroatoms. The van der Waals surface area contributed by atoms with Crippen molar-refractivity contribution in [3.8, 4) is 11.5 Å². The predicted octanol–water partition coefficient (Wildman–Crippen LogP) is 3.08. The van der Waals surface area contributed by atoms with Gasteiger partial charge in [-0.3, -0.25) is 0 Å². The lowest BCUT2D eigenvalue weighted by molar-refractivity contribution is 0.295. The van der Waals surface area contributed by atoms with Crippen molar-refractivity contribution < 1.29 is 9.47 Å². The molecule has 0 bridgehead atoms. The van der Waals surface area contributed by atoms with E-state index in [9.17, 15) is 0 Å². The fourth-order valence-electron chi connectivity index (χ4n) is 2.07. The third kappa shape index (κ3) is 4.32. The predicted molar refractivity (Wildman–Crippen MR) is 81.3 cm³/mol. The molecule has 0 aliphatic carbocycles. The number of fused-ring (bicyclic) bond motifs is 1. The molecule has 1 atom stereocenters. The van der Waals surface area contributed by atoms with Crippen LogP contribution in [-0.2, 0) is 6.54 Å². The monoisotopic (exact) mass is 281 g/mol. The van der Waals surface area contributed by atoms with Crippen LogP contribution in [0.15, 0.2) is 18.2 Å². The van der Waals surface area contributed by atoms with E-state index < -0.39 is 0 Å². The summed E-state index contributed by atoms with van der Waals surface area (Å²) in [6.07, 6.45) is 4.29.